The maximum absolute atomic E-state index is 14.5. The number of rotatable bonds is 11. The third-order valence-electron chi connectivity index (χ3n) is 30.4. The molecule has 0 bridgehead atoms. The predicted octanol–water partition coefficient (Wildman–Crippen LogP) is 18.2. The molecule has 13 aliphatic rings. The molecule has 150 heavy (non-hydrogen) atoms. The number of carboxylic acid groups (broad SMARTS) is 2. The van der Waals surface area contributed by atoms with Gasteiger partial charge in [-0.05, 0) is 301 Å². The van der Waals surface area contributed by atoms with Crippen LogP contribution in [0.4, 0.5) is 27.6 Å². The Kier molecular flexibility index (Phi) is 41.5. The number of nitrogens with two attached hydrogens (primary N) is 1. The molecule has 800 valence electrons. The summed E-state index contributed by atoms with van der Waals surface area (Å²) in [5, 5.41) is 19.3. The summed E-state index contributed by atoms with van der Waals surface area (Å²) in [6.07, 6.45) is 20.1. The number of allylic oxidation sites excluding steroid dienone is 1. The normalized spacial score (nSPS) is 18.6. The fourth-order valence-corrected chi connectivity index (χ4v) is 23.0. The molecule has 7 heterocycles. The topological polar surface area (TPSA) is 315 Å². The van der Waals surface area contributed by atoms with Crippen LogP contribution in [0.25, 0.3) is 22.3 Å². The summed E-state index contributed by atoms with van der Waals surface area (Å²) in [7, 11) is 0.699. The summed E-state index contributed by atoms with van der Waals surface area (Å²) in [4.78, 5) is 120. The first-order valence-corrected chi connectivity index (χ1v) is 52.6. The number of fused-ring (bicyclic) bond motifs is 10. The Labute approximate surface area is 907 Å². The minimum Gasteiger partial charge on any atom is -0.702 e. The second-order valence-electron chi connectivity index (χ2n) is 45.1. The van der Waals surface area contributed by atoms with Crippen LogP contribution in [-0.4, -0.2) is 223 Å². The third kappa shape index (κ3) is 30.8. The van der Waals surface area contributed by atoms with E-state index in [1.807, 2.05) is 108 Å². The number of benzene rings is 7. The minimum absolute atomic E-state index is 0. The van der Waals surface area contributed by atoms with Gasteiger partial charge in [-0.3, -0.25) is 38.6 Å². The zero-order chi connectivity index (χ0) is 108. The Bertz CT molecular complexity index is 6100. The number of aryl methyl sites for hydroxylation is 4. The van der Waals surface area contributed by atoms with Crippen molar-refractivity contribution in [2.45, 2.75) is 256 Å². The van der Waals surface area contributed by atoms with Gasteiger partial charge in [0.25, 0.3) is 17.9 Å². The van der Waals surface area contributed by atoms with Crippen molar-refractivity contribution in [1.82, 2.24) is 34.7 Å². The number of carbonyl (C=O) groups is 10. The van der Waals surface area contributed by atoms with E-state index in [9.17, 15) is 51.5 Å². The number of carbonyl (C=O) groups excluding carboxylic acids is 8. The largest absolute Gasteiger partial charge is 1.00 e. The van der Waals surface area contributed by atoms with Crippen molar-refractivity contribution in [3.05, 3.63) is 269 Å². The van der Waals surface area contributed by atoms with E-state index in [1.165, 1.54) is 121 Å². The quantitative estimate of drug-likeness (QED) is 0.0531. The summed E-state index contributed by atoms with van der Waals surface area (Å²) in [6.45, 7) is 44.8. The number of likely N-dealkylation sites (tertiary alicyclic amines) is 4. The summed E-state index contributed by atoms with van der Waals surface area (Å²) in [5.41, 5.74) is 33.8. The monoisotopic (exact) mass is 2070 g/mol. The van der Waals surface area contributed by atoms with Crippen LogP contribution in [0.1, 0.15) is 261 Å². The molecule has 4 amide bonds. The minimum atomic E-state index is -0.833. The van der Waals surface area contributed by atoms with Crippen LogP contribution in [-0.2, 0) is 91.1 Å². The van der Waals surface area contributed by atoms with Crippen molar-refractivity contribution in [3.8, 4) is 0 Å². The van der Waals surface area contributed by atoms with Gasteiger partial charge in [0.15, 0.2) is 6.29 Å². The van der Waals surface area contributed by atoms with E-state index in [1.54, 1.807) is 53.1 Å². The van der Waals surface area contributed by atoms with Gasteiger partial charge in [0.1, 0.15) is 48.7 Å². The number of ether oxygens (including phenoxy) is 3. The van der Waals surface area contributed by atoms with Crippen molar-refractivity contribution in [2.24, 2.45) is 39.2 Å². The second kappa shape index (κ2) is 52.3. The molecule has 30 heteroatoms. The maximum atomic E-state index is 14.5. The van der Waals surface area contributed by atoms with E-state index in [-0.39, 0.29) is 98.5 Å². The van der Waals surface area contributed by atoms with Crippen LogP contribution >= 0.6 is 0 Å². The SMILES string of the molecule is C=O.CC(=O)O.CC(=O)O[B-]OC(C)=O.Cc1ccc2c(c1)CC1=C2C2(CCN(C(=O)C3CCC3)CC2)CN(Cc2ccccc2F)C1.Cc1ccc2c(c1)CC1=C2C2(CCN(C(=O)OC(C)(C)C)CC2)CN(Cc2ccccc2F)C1.Cc1ccc2c(c1)CC1=C2C2(CCN(C(=O)OC(C)(C)C)CC2)CNC1.Cc1ccc2c(c1)CC=C2C1(CN)CCN(C(=O)OC(C)(C)C)CC1.O=C(O)C1CCC1.O=Cc1ccccc1F.[Na+]. The molecule has 6 fully saturated rings. The molecule has 25 nitrogen and oxygen atoms in total. The average molecular weight is 2070 g/mol. The fourth-order valence-electron chi connectivity index (χ4n) is 23.0. The molecule has 6 aliphatic carbocycles. The molecule has 20 rings (SSSR count). The number of nitrogens with one attached hydrogen (secondary N) is 1. The first kappa shape index (κ1) is 119. The molecular weight excluding hydrogens is 1920 g/mol. The van der Waals surface area contributed by atoms with Crippen LogP contribution in [0.5, 0.6) is 0 Å². The molecule has 0 unspecified atom stereocenters. The molecule has 2 radical (unpaired) electrons. The van der Waals surface area contributed by atoms with Gasteiger partial charge in [-0.1, -0.05) is 162 Å². The molecule has 4 saturated heterocycles. The van der Waals surface area contributed by atoms with Gasteiger partial charge in [-0.15, -0.1) is 0 Å². The summed E-state index contributed by atoms with van der Waals surface area (Å²) in [6, 6.07) is 47.5. The van der Waals surface area contributed by atoms with Crippen molar-refractivity contribution in [3.63, 3.8) is 0 Å². The molecule has 3 spiro atoms. The van der Waals surface area contributed by atoms with Crippen molar-refractivity contribution in [1.29, 1.82) is 0 Å². The van der Waals surface area contributed by atoms with E-state index in [0.717, 1.165) is 193 Å². The van der Waals surface area contributed by atoms with Crippen LogP contribution in [0.15, 0.2) is 168 Å². The molecule has 5 N–H and O–H groups in total. The number of carboxylic acids is 2. The number of aliphatic carboxylic acids is 2. The molecule has 0 aromatic heterocycles. The van der Waals surface area contributed by atoms with E-state index in [2.05, 4.69) is 136 Å². The Morgan fingerprint density at radius 1 is 0.467 bits per heavy atom. The van der Waals surface area contributed by atoms with Crippen LogP contribution in [0.2, 0.25) is 0 Å². The van der Waals surface area contributed by atoms with Gasteiger partial charge >= 0.3 is 53.8 Å². The number of aldehydes is 1. The Balaban J connectivity index is 0.000000173. The van der Waals surface area contributed by atoms with Crippen LogP contribution < -0.4 is 40.6 Å². The van der Waals surface area contributed by atoms with Crippen molar-refractivity contribution in [2.75, 3.05) is 98.2 Å². The molecule has 7 aromatic rings. The summed E-state index contributed by atoms with van der Waals surface area (Å²) >= 11 is 0. The maximum Gasteiger partial charge on any atom is 1.00 e. The van der Waals surface area contributed by atoms with Gasteiger partial charge in [-0.2, -0.15) is 0 Å². The number of piperidine rings is 4. The van der Waals surface area contributed by atoms with Crippen LogP contribution in [0.3, 0.4) is 0 Å². The van der Waals surface area contributed by atoms with Gasteiger partial charge < -0.3 is 69.2 Å². The van der Waals surface area contributed by atoms with Gasteiger partial charge in [-0.25, -0.2) is 27.6 Å². The van der Waals surface area contributed by atoms with E-state index >= 15 is 0 Å². The molecule has 2 saturated carbocycles. The Morgan fingerprint density at radius 2 is 0.813 bits per heavy atom. The molecule has 0 atom stereocenters. The zero-order valence-corrected chi connectivity index (χ0v) is 93.1. The van der Waals surface area contributed by atoms with Gasteiger partial charge in [0, 0.05) is 171 Å². The average Bonchev–Trinajstić information content (AvgIpc) is 1.56. The second-order valence-corrected chi connectivity index (χ2v) is 45.1. The zero-order valence-electron chi connectivity index (χ0n) is 91.1. The fraction of sp³-hybridized carbons (Fsp3) is 0.500. The smallest absolute Gasteiger partial charge is 0.702 e. The van der Waals surface area contributed by atoms with Gasteiger partial charge in [0.2, 0.25) is 5.91 Å². The number of hydrogen-bond donors (Lipinski definition) is 4. The first-order chi connectivity index (χ1) is 70.7. The molecular formula is C120H153BF3N8NaO17. The summed E-state index contributed by atoms with van der Waals surface area (Å²) < 4.78 is 66.3. The van der Waals surface area contributed by atoms with Crippen molar-refractivity contribution < 1.29 is 124 Å². The Morgan fingerprint density at radius 3 is 1.15 bits per heavy atom. The standard InChI is InChI=1S/C29H35FN2O2.C29H33FN2O.C22H30N2O2.C21H30N2O2.C7H5FO.C5H8O2.C4H6BO4.C2H4O2.CH2O.Na/c1-20-9-10-24-22(15-20)16-23-18-31(17-21-7-5-6-8-25(21)30)19-29(26(23)24)11-13-32(14-12-29)27(33)34-28(2,3)4;1-20-9-10-25-23(15-20)16-24-18-31(17-22-5-2-3-8-26(22)30)19-29(27(24)25)11-13-32(14-12-29)28(33)21-6-4-7-21;1-15-5-6-18-16(11-15)12-17-13-23-14-22(19(17)18)7-9-24(10-8-22)20(25)26-21(2,3)4;1-15-5-7-17-16(13-15)6-8-18(17)21(14-22)9-11-23(12-10-21)19(24)25-20(2,3)4;8-7-4-2-1-3-6(7)5-9;6-5(7)4-2-1-3-4;1-3(6)8-5-9-4(2)7;1-2(3)4;1-2;/h5-10,15H,11-14,16-19H2,1-4H3;2-3,5,8-10,15,21H,4,6-7,11-14,16-19H2,1H3;5-6,11,23H,7-10,12-14H2,1-4H3;5,7-8,13H,6,9-12,14,22H2,1-4H3;1-5H;4H,1-3H2,(H,6,7);1-2H3;1H3,(H,3,4);1H2;/q;;;;;;-1;;;+1. The predicted molar refractivity (Wildman–Crippen MR) is 574 cm³/mol. The van der Waals surface area contributed by atoms with E-state index < -0.39 is 46.5 Å². The van der Waals surface area contributed by atoms with E-state index in [4.69, 9.17) is 39.7 Å². The van der Waals surface area contributed by atoms with E-state index in [0.29, 0.717) is 65.7 Å². The first-order valence-electron chi connectivity index (χ1n) is 52.6. The number of nitrogens with zero attached hydrogens (tertiary/aromatic N) is 6. The number of halogens is 3. The Hall–Kier alpha value is -11.3. The van der Waals surface area contributed by atoms with Crippen molar-refractivity contribution >= 4 is 91.1 Å². The molecule has 7 aromatic carbocycles. The number of amides is 4. The third-order valence-corrected chi connectivity index (χ3v) is 30.4. The van der Waals surface area contributed by atoms with Crippen LogP contribution in [0, 0.1) is 78.6 Å². The number of hydrogen-bond acceptors (Lipinski definition) is 19. The molecule has 7 aliphatic heterocycles. The van der Waals surface area contributed by atoms with Gasteiger partial charge in [0.05, 0.1) is 11.5 Å². The summed E-state index contributed by atoms with van der Waals surface area (Å²) in [5.74, 6) is -2.55.